The molecular formula is C13H20N4O. The Morgan fingerprint density at radius 1 is 1.50 bits per heavy atom. The number of aromatic nitrogens is 1. The summed E-state index contributed by atoms with van der Waals surface area (Å²) in [5.41, 5.74) is 7.30. The highest BCUT2D eigenvalue weighted by Crippen LogP contribution is 2.20. The smallest absolute Gasteiger partial charge is 0.272 e. The molecule has 98 valence electrons. The van der Waals surface area contributed by atoms with E-state index in [1.54, 1.807) is 11.1 Å². The Kier molecular flexibility index (Phi) is 3.81. The Morgan fingerprint density at radius 3 is 2.72 bits per heavy atom. The first-order valence-corrected chi connectivity index (χ1v) is 6.41. The van der Waals surface area contributed by atoms with E-state index in [9.17, 15) is 4.79 Å². The summed E-state index contributed by atoms with van der Waals surface area (Å²) in [4.78, 5) is 20.3. The second kappa shape index (κ2) is 5.35. The minimum absolute atomic E-state index is 0.00771. The van der Waals surface area contributed by atoms with E-state index in [2.05, 4.69) is 9.88 Å². The summed E-state index contributed by atoms with van der Waals surface area (Å²) >= 11 is 0. The second-order valence-electron chi connectivity index (χ2n) is 4.54. The van der Waals surface area contributed by atoms with Crippen molar-refractivity contribution in [1.29, 1.82) is 0 Å². The minimum Gasteiger partial charge on any atom is -0.368 e. The molecule has 0 saturated carbocycles. The molecule has 2 heterocycles. The van der Waals surface area contributed by atoms with Gasteiger partial charge in [-0.25, -0.2) is 0 Å². The standard InChI is InChI=1S/C13H20N4O/c1-3-16(4-2)13(18)12-7-11(5-6-15-12)17-8-10(14)9-17/h5-7,10H,3-4,8-9,14H2,1-2H3. The molecule has 2 N–H and O–H groups in total. The molecular weight excluding hydrogens is 228 g/mol. The lowest BCUT2D eigenvalue weighted by atomic mass is 10.1. The van der Waals surface area contributed by atoms with Gasteiger partial charge in [-0.2, -0.15) is 0 Å². The Bertz CT molecular complexity index is 425. The first-order valence-electron chi connectivity index (χ1n) is 6.41. The van der Waals surface area contributed by atoms with Gasteiger partial charge in [-0.15, -0.1) is 0 Å². The van der Waals surface area contributed by atoms with Gasteiger partial charge in [0.15, 0.2) is 0 Å². The van der Waals surface area contributed by atoms with Crippen LogP contribution in [0.5, 0.6) is 0 Å². The number of carbonyl (C=O) groups excluding carboxylic acids is 1. The zero-order valence-corrected chi connectivity index (χ0v) is 11.0. The summed E-state index contributed by atoms with van der Waals surface area (Å²) in [5, 5.41) is 0. The molecule has 1 aliphatic rings. The monoisotopic (exact) mass is 248 g/mol. The average Bonchev–Trinajstić information content (AvgIpc) is 2.36. The Morgan fingerprint density at radius 2 is 2.17 bits per heavy atom. The summed E-state index contributed by atoms with van der Waals surface area (Å²) in [7, 11) is 0. The third-order valence-electron chi connectivity index (χ3n) is 3.29. The molecule has 0 atom stereocenters. The van der Waals surface area contributed by atoms with Gasteiger partial charge >= 0.3 is 0 Å². The number of anilines is 1. The molecule has 18 heavy (non-hydrogen) atoms. The number of hydrogen-bond donors (Lipinski definition) is 1. The first kappa shape index (κ1) is 12.8. The largest absolute Gasteiger partial charge is 0.368 e. The van der Waals surface area contributed by atoms with E-state index < -0.39 is 0 Å². The van der Waals surface area contributed by atoms with Gasteiger partial charge in [0.1, 0.15) is 5.69 Å². The predicted octanol–water partition coefficient (Wildman–Crippen LogP) is 0.711. The zero-order chi connectivity index (χ0) is 13.1. The quantitative estimate of drug-likeness (QED) is 0.852. The first-order chi connectivity index (χ1) is 8.65. The van der Waals surface area contributed by atoms with Crippen LogP contribution in [0.4, 0.5) is 5.69 Å². The SMILES string of the molecule is CCN(CC)C(=O)c1cc(N2CC(N)C2)ccn1. The van der Waals surface area contributed by atoms with Gasteiger partial charge in [-0.3, -0.25) is 9.78 Å². The molecule has 1 aromatic rings. The van der Waals surface area contributed by atoms with E-state index in [-0.39, 0.29) is 11.9 Å². The van der Waals surface area contributed by atoms with Crippen LogP contribution in [0.3, 0.4) is 0 Å². The van der Waals surface area contributed by atoms with Crippen molar-refractivity contribution in [2.24, 2.45) is 5.73 Å². The Labute approximate surface area is 108 Å². The molecule has 0 bridgehead atoms. The van der Waals surface area contributed by atoms with Gasteiger partial charge < -0.3 is 15.5 Å². The number of amides is 1. The molecule has 1 amide bonds. The number of hydrogen-bond acceptors (Lipinski definition) is 4. The summed E-state index contributed by atoms with van der Waals surface area (Å²) in [6.07, 6.45) is 1.69. The van der Waals surface area contributed by atoms with Gasteiger partial charge in [-0.1, -0.05) is 0 Å². The fourth-order valence-corrected chi connectivity index (χ4v) is 2.13. The van der Waals surface area contributed by atoms with Crippen LogP contribution in [0.2, 0.25) is 0 Å². The molecule has 0 unspecified atom stereocenters. The van der Waals surface area contributed by atoms with Crippen LogP contribution in [-0.2, 0) is 0 Å². The molecule has 0 aromatic carbocycles. The van der Waals surface area contributed by atoms with Crippen molar-refractivity contribution in [2.75, 3.05) is 31.1 Å². The maximum Gasteiger partial charge on any atom is 0.272 e. The molecule has 5 heteroatoms. The molecule has 0 spiro atoms. The molecule has 0 radical (unpaired) electrons. The maximum absolute atomic E-state index is 12.2. The number of nitrogens with zero attached hydrogens (tertiary/aromatic N) is 3. The van der Waals surface area contributed by atoms with Crippen molar-refractivity contribution >= 4 is 11.6 Å². The molecule has 2 rings (SSSR count). The van der Waals surface area contributed by atoms with Crippen LogP contribution in [0.15, 0.2) is 18.3 Å². The predicted molar refractivity (Wildman–Crippen MR) is 71.7 cm³/mol. The van der Waals surface area contributed by atoms with Crippen LogP contribution in [-0.4, -0.2) is 48.0 Å². The van der Waals surface area contributed by atoms with Crippen LogP contribution in [0, 0.1) is 0 Å². The van der Waals surface area contributed by atoms with Crippen molar-refractivity contribution < 1.29 is 4.79 Å². The van der Waals surface area contributed by atoms with Crippen molar-refractivity contribution in [2.45, 2.75) is 19.9 Å². The normalized spacial score (nSPS) is 15.4. The van der Waals surface area contributed by atoms with Gasteiger partial charge in [0.05, 0.1) is 0 Å². The second-order valence-corrected chi connectivity index (χ2v) is 4.54. The lowest BCUT2D eigenvalue weighted by Crippen LogP contribution is -2.55. The molecule has 5 nitrogen and oxygen atoms in total. The topological polar surface area (TPSA) is 62.5 Å². The van der Waals surface area contributed by atoms with E-state index >= 15 is 0 Å². The minimum atomic E-state index is -0.00771. The Balaban J connectivity index is 2.14. The van der Waals surface area contributed by atoms with E-state index in [1.807, 2.05) is 26.0 Å². The summed E-state index contributed by atoms with van der Waals surface area (Å²) in [5.74, 6) is -0.00771. The zero-order valence-electron chi connectivity index (χ0n) is 11.0. The van der Waals surface area contributed by atoms with Crippen molar-refractivity contribution in [1.82, 2.24) is 9.88 Å². The third-order valence-corrected chi connectivity index (χ3v) is 3.29. The fourth-order valence-electron chi connectivity index (χ4n) is 2.13. The van der Waals surface area contributed by atoms with Crippen LogP contribution in [0.25, 0.3) is 0 Å². The fraction of sp³-hybridized carbons (Fsp3) is 0.538. The molecule has 1 saturated heterocycles. The highest BCUT2D eigenvalue weighted by atomic mass is 16.2. The number of carbonyl (C=O) groups is 1. The lowest BCUT2D eigenvalue weighted by molar-refractivity contribution is 0.0767. The molecule has 1 aromatic heterocycles. The molecule has 1 aliphatic heterocycles. The number of nitrogens with two attached hydrogens (primary N) is 1. The summed E-state index contributed by atoms with van der Waals surface area (Å²) < 4.78 is 0. The van der Waals surface area contributed by atoms with Crippen molar-refractivity contribution in [3.05, 3.63) is 24.0 Å². The highest BCUT2D eigenvalue weighted by Gasteiger charge is 2.24. The van der Waals surface area contributed by atoms with Crippen molar-refractivity contribution in [3.63, 3.8) is 0 Å². The van der Waals surface area contributed by atoms with E-state index in [4.69, 9.17) is 5.73 Å². The van der Waals surface area contributed by atoms with Gasteiger partial charge in [0.2, 0.25) is 0 Å². The van der Waals surface area contributed by atoms with Crippen molar-refractivity contribution in [3.8, 4) is 0 Å². The average molecular weight is 248 g/mol. The van der Waals surface area contributed by atoms with Crippen LogP contribution < -0.4 is 10.6 Å². The van der Waals surface area contributed by atoms with Crippen LogP contribution >= 0.6 is 0 Å². The third kappa shape index (κ3) is 2.46. The van der Waals surface area contributed by atoms with Gasteiger partial charge in [-0.05, 0) is 26.0 Å². The van der Waals surface area contributed by atoms with Gasteiger partial charge in [0.25, 0.3) is 5.91 Å². The van der Waals surface area contributed by atoms with E-state index in [1.165, 1.54) is 0 Å². The molecule has 0 aliphatic carbocycles. The van der Waals surface area contributed by atoms with Crippen LogP contribution in [0.1, 0.15) is 24.3 Å². The number of rotatable bonds is 4. The van der Waals surface area contributed by atoms with E-state index in [0.717, 1.165) is 18.8 Å². The summed E-state index contributed by atoms with van der Waals surface area (Å²) in [6, 6.07) is 4.03. The summed E-state index contributed by atoms with van der Waals surface area (Å²) in [6.45, 7) is 7.05. The molecule has 1 fully saturated rings. The Hall–Kier alpha value is -1.62. The van der Waals surface area contributed by atoms with E-state index in [0.29, 0.717) is 18.8 Å². The van der Waals surface area contributed by atoms with Gasteiger partial charge in [0, 0.05) is 44.1 Å². The lowest BCUT2D eigenvalue weighted by Gasteiger charge is -2.38. The maximum atomic E-state index is 12.2. The number of pyridine rings is 1. The highest BCUT2D eigenvalue weighted by molar-refractivity contribution is 5.93.